The van der Waals surface area contributed by atoms with Gasteiger partial charge in [0.15, 0.2) is 0 Å². The lowest BCUT2D eigenvalue weighted by Gasteiger charge is -2.32. The van der Waals surface area contributed by atoms with Crippen LogP contribution in [0.2, 0.25) is 0 Å². The lowest BCUT2D eigenvalue weighted by molar-refractivity contribution is 0.0978. The average molecular weight is 330 g/mol. The molecule has 2 heterocycles. The van der Waals surface area contributed by atoms with Crippen molar-refractivity contribution in [2.24, 2.45) is 0 Å². The Bertz CT molecular complexity index is 595. The van der Waals surface area contributed by atoms with E-state index in [2.05, 4.69) is 22.8 Å². The van der Waals surface area contributed by atoms with E-state index in [1.807, 2.05) is 12.1 Å². The van der Waals surface area contributed by atoms with Crippen LogP contribution in [0.25, 0.3) is 0 Å². The Morgan fingerprint density at radius 2 is 1.96 bits per heavy atom. The Hall–Kier alpha value is -1.75. The largest absolute Gasteiger partial charge is 0.497 e. The standard InChI is InChI=1S/C19H26N2O3/c1-23-14-6-4-13(5-7-14)19(10-2-3-11-19)21-18(22)20-16-12-15-8-9-17(16)24-15/h4-7,15-17H,2-3,8-12H2,1H3,(H2,20,21,22)/t15-,16+,17-/m1/s1. The number of hydrogen-bond acceptors (Lipinski definition) is 3. The number of urea groups is 1. The van der Waals surface area contributed by atoms with Crippen LogP contribution in [0.3, 0.4) is 0 Å². The van der Waals surface area contributed by atoms with Gasteiger partial charge in [0.2, 0.25) is 0 Å². The monoisotopic (exact) mass is 330 g/mol. The predicted octanol–water partition coefficient (Wildman–Crippen LogP) is 3.08. The SMILES string of the molecule is COc1ccc(C2(NC(=O)N[C@H]3C[C@H]4CC[C@H]3O4)CCCC2)cc1. The summed E-state index contributed by atoms with van der Waals surface area (Å²) in [4.78, 5) is 12.6. The maximum absolute atomic E-state index is 12.6. The summed E-state index contributed by atoms with van der Waals surface area (Å²) in [5.74, 6) is 0.843. The summed E-state index contributed by atoms with van der Waals surface area (Å²) in [6.45, 7) is 0. The van der Waals surface area contributed by atoms with Crippen LogP contribution in [0.1, 0.15) is 50.5 Å². The van der Waals surface area contributed by atoms with E-state index in [0.717, 1.165) is 50.7 Å². The summed E-state index contributed by atoms with van der Waals surface area (Å²) in [6, 6.07) is 8.19. The van der Waals surface area contributed by atoms with Gasteiger partial charge in [-0.1, -0.05) is 25.0 Å². The summed E-state index contributed by atoms with van der Waals surface area (Å²) in [6.07, 6.45) is 7.98. The van der Waals surface area contributed by atoms with Crippen LogP contribution >= 0.6 is 0 Å². The maximum Gasteiger partial charge on any atom is 0.315 e. The summed E-state index contributed by atoms with van der Waals surface area (Å²) in [5, 5.41) is 6.44. The van der Waals surface area contributed by atoms with Crippen molar-refractivity contribution in [3.8, 4) is 5.75 Å². The van der Waals surface area contributed by atoms with Crippen molar-refractivity contribution in [1.82, 2.24) is 10.6 Å². The first-order chi connectivity index (χ1) is 11.7. The molecule has 3 atom stereocenters. The molecular weight excluding hydrogens is 304 g/mol. The first kappa shape index (κ1) is 15.8. The average Bonchev–Trinajstić information content (AvgIpc) is 3.32. The number of carbonyl (C=O) groups excluding carboxylic acids is 1. The van der Waals surface area contributed by atoms with Gasteiger partial charge in [-0.3, -0.25) is 0 Å². The fraction of sp³-hybridized carbons (Fsp3) is 0.632. The molecule has 0 unspecified atom stereocenters. The molecule has 0 spiro atoms. The van der Waals surface area contributed by atoms with Crippen LogP contribution in [0, 0.1) is 0 Å². The molecule has 1 saturated carbocycles. The molecule has 3 aliphatic rings. The minimum absolute atomic E-state index is 0.0612. The van der Waals surface area contributed by atoms with E-state index in [9.17, 15) is 4.79 Å². The van der Waals surface area contributed by atoms with Gasteiger partial charge in [-0.25, -0.2) is 4.79 Å². The van der Waals surface area contributed by atoms with Crippen molar-refractivity contribution in [3.63, 3.8) is 0 Å². The smallest absolute Gasteiger partial charge is 0.315 e. The lowest BCUT2D eigenvalue weighted by atomic mass is 9.88. The van der Waals surface area contributed by atoms with Gasteiger partial charge in [0, 0.05) is 0 Å². The number of hydrogen-bond donors (Lipinski definition) is 2. The lowest BCUT2D eigenvalue weighted by Crippen LogP contribution is -2.52. The Morgan fingerprint density at radius 1 is 1.21 bits per heavy atom. The minimum atomic E-state index is -0.255. The van der Waals surface area contributed by atoms with Crippen molar-refractivity contribution in [1.29, 1.82) is 0 Å². The molecule has 3 fully saturated rings. The highest BCUT2D eigenvalue weighted by Gasteiger charge is 2.43. The Kier molecular flexibility index (Phi) is 4.12. The number of amides is 2. The van der Waals surface area contributed by atoms with Crippen LogP contribution in [-0.2, 0) is 10.3 Å². The highest BCUT2D eigenvalue weighted by Crippen LogP contribution is 2.39. The van der Waals surface area contributed by atoms with E-state index in [1.54, 1.807) is 7.11 Å². The number of rotatable bonds is 4. The Morgan fingerprint density at radius 3 is 2.54 bits per heavy atom. The molecule has 4 rings (SSSR count). The van der Waals surface area contributed by atoms with Gasteiger partial charge in [-0.05, 0) is 49.8 Å². The second-order valence-electron chi connectivity index (χ2n) is 7.33. The summed E-state index contributed by atoms with van der Waals surface area (Å²) < 4.78 is 11.1. The van der Waals surface area contributed by atoms with E-state index < -0.39 is 0 Å². The predicted molar refractivity (Wildman–Crippen MR) is 91.1 cm³/mol. The molecule has 0 aromatic heterocycles. The van der Waals surface area contributed by atoms with Gasteiger partial charge >= 0.3 is 6.03 Å². The second kappa shape index (κ2) is 6.28. The minimum Gasteiger partial charge on any atom is -0.497 e. The molecule has 5 heteroatoms. The van der Waals surface area contributed by atoms with Crippen LogP contribution < -0.4 is 15.4 Å². The topological polar surface area (TPSA) is 59.6 Å². The van der Waals surface area contributed by atoms with Crippen molar-refractivity contribution >= 4 is 6.03 Å². The van der Waals surface area contributed by atoms with E-state index in [-0.39, 0.29) is 23.7 Å². The molecular formula is C19H26N2O3. The molecule has 2 N–H and O–H groups in total. The number of ether oxygens (including phenoxy) is 2. The molecule has 24 heavy (non-hydrogen) atoms. The number of carbonyl (C=O) groups is 1. The van der Waals surface area contributed by atoms with Gasteiger partial charge < -0.3 is 20.1 Å². The number of fused-ring (bicyclic) bond motifs is 2. The number of nitrogens with one attached hydrogen (secondary N) is 2. The fourth-order valence-corrected chi connectivity index (χ4v) is 4.59. The summed E-state index contributed by atoms with van der Waals surface area (Å²) in [7, 11) is 1.67. The highest BCUT2D eigenvalue weighted by atomic mass is 16.5. The van der Waals surface area contributed by atoms with E-state index in [0.29, 0.717) is 6.10 Å². The molecule has 2 saturated heterocycles. The number of methoxy groups -OCH3 is 1. The quantitative estimate of drug-likeness (QED) is 0.892. The summed E-state index contributed by atoms with van der Waals surface area (Å²) in [5.41, 5.74) is 0.912. The van der Waals surface area contributed by atoms with E-state index in [1.165, 1.54) is 5.56 Å². The molecule has 2 bridgehead atoms. The third kappa shape index (κ3) is 2.86. The zero-order chi connectivity index (χ0) is 16.6. The molecule has 0 radical (unpaired) electrons. The molecule has 130 valence electrons. The zero-order valence-corrected chi connectivity index (χ0v) is 14.2. The van der Waals surface area contributed by atoms with E-state index >= 15 is 0 Å². The summed E-state index contributed by atoms with van der Waals surface area (Å²) >= 11 is 0. The van der Waals surface area contributed by atoms with Crippen LogP contribution in [0.15, 0.2) is 24.3 Å². The fourth-order valence-electron chi connectivity index (χ4n) is 4.59. The first-order valence-corrected chi connectivity index (χ1v) is 9.07. The van der Waals surface area contributed by atoms with Crippen molar-refractivity contribution in [2.45, 2.75) is 68.7 Å². The normalized spacial score (nSPS) is 30.3. The van der Waals surface area contributed by atoms with Crippen LogP contribution in [0.4, 0.5) is 4.79 Å². The Labute approximate surface area is 143 Å². The van der Waals surface area contributed by atoms with Gasteiger partial charge in [0.1, 0.15) is 5.75 Å². The zero-order valence-electron chi connectivity index (χ0n) is 14.2. The Balaban J connectivity index is 1.45. The third-order valence-electron chi connectivity index (χ3n) is 5.88. The van der Waals surface area contributed by atoms with Gasteiger partial charge in [-0.2, -0.15) is 0 Å². The van der Waals surface area contributed by atoms with Crippen molar-refractivity contribution < 1.29 is 14.3 Å². The van der Waals surface area contributed by atoms with Crippen molar-refractivity contribution in [2.75, 3.05) is 7.11 Å². The molecule has 2 amide bonds. The highest BCUT2D eigenvalue weighted by molar-refractivity contribution is 5.75. The molecule has 1 aromatic rings. The van der Waals surface area contributed by atoms with Gasteiger partial charge in [0.25, 0.3) is 0 Å². The molecule has 1 aliphatic carbocycles. The second-order valence-corrected chi connectivity index (χ2v) is 7.33. The molecule has 5 nitrogen and oxygen atoms in total. The maximum atomic E-state index is 12.6. The van der Waals surface area contributed by atoms with Crippen LogP contribution in [-0.4, -0.2) is 31.4 Å². The third-order valence-corrected chi connectivity index (χ3v) is 5.88. The van der Waals surface area contributed by atoms with Gasteiger partial charge in [-0.15, -0.1) is 0 Å². The first-order valence-electron chi connectivity index (χ1n) is 9.07. The van der Waals surface area contributed by atoms with Gasteiger partial charge in [0.05, 0.1) is 30.9 Å². The van der Waals surface area contributed by atoms with E-state index in [4.69, 9.17) is 9.47 Å². The van der Waals surface area contributed by atoms with Crippen molar-refractivity contribution in [3.05, 3.63) is 29.8 Å². The van der Waals surface area contributed by atoms with Crippen LogP contribution in [0.5, 0.6) is 5.75 Å². The number of benzene rings is 1. The molecule has 2 aliphatic heterocycles. The molecule has 1 aromatic carbocycles.